The fourth-order valence-corrected chi connectivity index (χ4v) is 2.84. The number of likely N-dealkylation sites (N-methyl/N-ethyl adjacent to an activating group) is 1. The minimum atomic E-state index is -0.0187. The van der Waals surface area contributed by atoms with Gasteiger partial charge in [0, 0.05) is 18.7 Å². The Labute approximate surface area is 136 Å². The average Bonchev–Trinajstić information content (AvgIpc) is 3.05. The Morgan fingerprint density at radius 1 is 1.39 bits per heavy atom. The lowest BCUT2D eigenvalue weighted by Crippen LogP contribution is -2.52. The first-order valence-electron chi connectivity index (χ1n) is 7.79. The van der Waals surface area contributed by atoms with Gasteiger partial charge in [0.25, 0.3) is 5.91 Å². The number of H-pyrrole nitrogens is 1. The molecule has 3 rings (SSSR count). The van der Waals surface area contributed by atoms with Gasteiger partial charge in [-0.15, -0.1) is 0 Å². The van der Waals surface area contributed by atoms with Crippen LogP contribution in [0.3, 0.4) is 0 Å². The molecular weight excluding hydrogens is 292 g/mol. The van der Waals surface area contributed by atoms with Crippen LogP contribution in [0.1, 0.15) is 10.5 Å². The Morgan fingerprint density at radius 3 is 2.91 bits per heavy atom. The molecule has 0 saturated carbocycles. The number of carbonyl (C=O) groups is 1. The fourth-order valence-electron chi connectivity index (χ4n) is 2.84. The SMILES string of the molecule is CN(C)C[C@H]1COCCN1C(=O)c1cc(-c2ccccc2)n[nH]1. The Kier molecular flexibility index (Phi) is 4.73. The first-order valence-corrected chi connectivity index (χ1v) is 7.79. The minimum Gasteiger partial charge on any atom is -0.377 e. The summed E-state index contributed by atoms with van der Waals surface area (Å²) in [7, 11) is 4.00. The normalized spacial score (nSPS) is 18.4. The molecule has 0 radical (unpaired) electrons. The summed E-state index contributed by atoms with van der Waals surface area (Å²) in [4.78, 5) is 16.8. The number of aromatic amines is 1. The Hall–Kier alpha value is -2.18. The topological polar surface area (TPSA) is 61.5 Å². The number of nitrogens with zero attached hydrogens (tertiary/aromatic N) is 3. The molecule has 122 valence electrons. The van der Waals surface area contributed by atoms with Crippen LogP contribution >= 0.6 is 0 Å². The molecule has 2 aromatic rings. The molecule has 6 nitrogen and oxygen atoms in total. The van der Waals surface area contributed by atoms with Gasteiger partial charge >= 0.3 is 0 Å². The summed E-state index contributed by atoms with van der Waals surface area (Å²) in [5.74, 6) is -0.0187. The summed E-state index contributed by atoms with van der Waals surface area (Å²) >= 11 is 0. The third kappa shape index (κ3) is 3.60. The highest BCUT2D eigenvalue weighted by Gasteiger charge is 2.29. The van der Waals surface area contributed by atoms with Gasteiger partial charge in [-0.05, 0) is 20.2 Å². The molecule has 2 heterocycles. The van der Waals surface area contributed by atoms with E-state index in [1.54, 1.807) is 0 Å². The van der Waals surface area contributed by atoms with Crippen LogP contribution in [0.5, 0.6) is 0 Å². The van der Waals surface area contributed by atoms with Gasteiger partial charge in [0.2, 0.25) is 0 Å². The third-order valence-corrected chi connectivity index (χ3v) is 3.94. The summed E-state index contributed by atoms with van der Waals surface area (Å²) in [6.07, 6.45) is 0. The first-order chi connectivity index (χ1) is 11.1. The second-order valence-corrected chi connectivity index (χ2v) is 6.02. The lowest BCUT2D eigenvalue weighted by molar-refractivity contribution is -0.00859. The van der Waals surface area contributed by atoms with Gasteiger partial charge in [-0.25, -0.2) is 0 Å². The van der Waals surface area contributed by atoms with Crippen molar-refractivity contribution in [3.8, 4) is 11.3 Å². The standard InChI is InChI=1S/C17H22N4O2/c1-20(2)11-14-12-23-9-8-21(14)17(22)16-10-15(18-19-16)13-6-4-3-5-7-13/h3-7,10,14H,8-9,11-12H2,1-2H3,(H,18,19)/t14-/m0/s1. The summed E-state index contributed by atoms with van der Waals surface area (Å²) in [6.45, 7) is 2.54. The lowest BCUT2D eigenvalue weighted by Gasteiger charge is -2.36. The number of hydrogen-bond acceptors (Lipinski definition) is 4. The van der Waals surface area contributed by atoms with E-state index < -0.39 is 0 Å². The first kappa shape index (κ1) is 15.7. The van der Waals surface area contributed by atoms with Crippen molar-refractivity contribution in [2.24, 2.45) is 0 Å². The largest absolute Gasteiger partial charge is 0.377 e. The van der Waals surface area contributed by atoms with Gasteiger partial charge in [-0.3, -0.25) is 9.89 Å². The zero-order valence-electron chi connectivity index (χ0n) is 13.5. The number of hydrogen-bond donors (Lipinski definition) is 1. The minimum absolute atomic E-state index is 0.0187. The van der Waals surface area contributed by atoms with Crippen LogP contribution in [0.2, 0.25) is 0 Å². The van der Waals surface area contributed by atoms with Crippen molar-refractivity contribution >= 4 is 5.91 Å². The van der Waals surface area contributed by atoms with Gasteiger partial charge < -0.3 is 14.5 Å². The van der Waals surface area contributed by atoms with Crippen LogP contribution < -0.4 is 0 Å². The average molecular weight is 314 g/mol. The Balaban J connectivity index is 1.78. The zero-order valence-corrected chi connectivity index (χ0v) is 13.5. The van der Waals surface area contributed by atoms with Gasteiger partial charge in [0.05, 0.1) is 24.9 Å². The molecule has 1 fully saturated rings. The van der Waals surface area contributed by atoms with Crippen molar-refractivity contribution in [3.63, 3.8) is 0 Å². The van der Waals surface area contributed by atoms with E-state index in [2.05, 4.69) is 15.1 Å². The van der Waals surface area contributed by atoms with Gasteiger partial charge in [-0.2, -0.15) is 5.10 Å². The highest BCUT2D eigenvalue weighted by atomic mass is 16.5. The summed E-state index contributed by atoms with van der Waals surface area (Å²) in [6, 6.07) is 11.7. The lowest BCUT2D eigenvalue weighted by atomic mass is 10.1. The number of benzene rings is 1. The van der Waals surface area contributed by atoms with Crippen LogP contribution in [0, 0.1) is 0 Å². The highest BCUT2D eigenvalue weighted by Crippen LogP contribution is 2.19. The van der Waals surface area contributed by atoms with Crippen LogP contribution in [0.15, 0.2) is 36.4 Å². The summed E-state index contributed by atoms with van der Waals surface area (Å²) in [5.41, 5.74) is 2.30. The number of ether oxygens (including phenoxy) is 1. The number of aromatic nitrogens is 2. The van der Waals surface area contributed by atoms with E-state index in [0.717, 1.165) is 17.8 Å². The molecule has 0 spiro atoms. The van der Waals surface area contributed by atoms with Crippen LogP contribution in [-0.2, 0) is 4.74 Å². The Bertz CT molecular complexity index is 654. The molecular formula is C17H22N4O2. The molecule has 1 aromatic carbocycles. The number of rotatable bonds is 4. The zero-order chi connectivity index (χ0) is 16.2. The molecule has 6 heteroatoms. The van der Waals surface area contributed by atoms with Crippen molar-refractivity contribution in [1.82, 2.24) is 20.0 Å². The fraction of sp³-hybridized carbons (Fsp3) is 0.412. The number of amides is 1. The molecule has 1 aliphatic rings. The van der Waals surface area contributed by atoms with E-state index in [4.69, 9.17) is 4.74 Å². The van der Waals surface area contributed by atoms with Gasteiger partial charge in [-0.1, -0.05) is 30.3 Å². The monoisotopic (exact) mass is 314 g/mol. The van der Waals surface area contributed by atoms with E-state index in [-0.39, 0.29) is 11.9 Å². The molecule has 23 heavy (non-hydrogen) atoms. The smallest absolute Gasteiger partial charge is 0.272 e. The maximum absolute atomic E-state index is 12.8. The van der Waals surface area contributed by atoms with E-state index in [0.29, 0.717) is 25.5 Å². The molecule has 1 N–H and O–H groups in total. The molecule has 0 unspecified atom stereocenters. The maximum atomic E-state index is 12.8. The van der Waals surface area contributed by atoms with E-state index in [1.807, 2.05) is 55.4 Å². The molecule has 1 aliphatic heterocycles. The molecule has 1 saturated heterocycles. The predicted octanol–water partition coefficient (Wildman–Crippen LogP) is 1.48. The van der Waals surface area contributed by atoms with Crippen LogP contribution in [0.4, 0.5) is 0 Å². The molecule has 0 bridgehead atoms. The molecule has 1 amide bonds. The van der Waals surface area contributed by atoms with Gasteiger partial charge in [0.1, 0.15) is 5.69 Å². The molecule has 0 aliphatic carbocycles. The van der Waals surface area contributed by atoms with Crippen molar-refractivity contribution in [2.75, 3.05) is 40.4 Å². The molecule has 1 aromatic heterocycles. The summed E-state index contributed by atoms with van der Waals surface area (Å²) in [5, 5.41) is 7.15. The van der Waals surface area contributed by atoms with E-state index in [9.17, 15) is 4.79 Å². The van der Waals surface area contributed by atoms with Crippen molar-refractivity contribution in [3.05, 3.63) is 42.1 Å². The van der Waals surface area contributed by atoms with Crippen molar-refractivity contribution < 1.29 is 9.53 Å². The van der Waals surface area contributed by atoms with Crippen LogP contribution in [-0.4, -0.2) is 72.3 Å². The predicted molar refractivity (Wildman–Crippen MR) is 88.2 cm³/mol. The number of nitrogens with one attached hydrogen (secondary N) is 1. The van der Waals surface area contributed by atoms with Crippen LogP contribution in [0.25, 0.3) is 11.3 Å². The summed E-state index contributed by atoms with van der Waals surface area (Å²) < 4.78 is 5.53. The number of morpholine rings is 1. The highest BCUT2D eigenvalue weighted by molar-refractivity contribution is 5.93. The van der Waals surface area contributed by atoms with Crippen molar-refractivity contribution in [2.45, 2.75) is 6.04 Å². The quantitative estimate of drug-likeness (QED) is 0.928. The molecule has 1 atom stereocenters. The maximum Gasteiger partial charge on any atom is 0.272 e. The third-order valence-electron chi connectivity index (χ3n) is 3.94. The number of carbonyl (C=O) groups excluding carboxylic acids is 1. The van der Waals surface area contributed by atoms with Crippen molar-refractivity contribution in [1.29, 1.82) is 0 Å². The van der Waals surface area contributed by atoms with E-state index in [1.165, 1.54) is 0 Å². The van der Waals surface area contributed by atoms with Gasteiger partial charge in [0.15, 0.2) is 0 Å². The van der Waals surface area contributed by atoms with E-state index >= 15 is 0 Å². The second kappa shape index (κ2) is 6.93. The Morgan fingerprint density at radius 2 is 2.17 bits per heavy atom. The second-order valence-electron chi connectivity index (χ2n) is 6.02.